The number of anilines is 1. The second-order valence-corrected chi connectivity index (χ2v) is 4.67. The summed E-state index contributed by atoms with van der Waals surface area (Å²) >= 11 is 0. The van der Waals surface area contributed by atoms with Gasteiger partial charge in [-0.2, -0.15) is 0 Å². The Labute approximate surface area is 106 Å². The van der Waals surface area contributed by atoms with Gasteiger partial charge in [0, 0.05) is 11.8 Å². The molecule has 0 aromatic heterocycles. The molecule has 0 heterocycles. The largest absolute Gasteiger partial charge is 0.508 e. The van der Waals surface area contributed by atoms with Crippen molar-refractivity contribution in [2.24, 2.45) is 0 Å². The zero-order valence-corrected chi connectivity index (χ0v) is 9.93. The Balaban J connectivity index is 1.85. The Morgan fingerprint density at radius 3 is 2.67 bits per heavy atom. The van der Waals surface area contributed by atoms with Gasteiger partial charge in [-0.15, -0.1) is 0 Å². The lowest BCUT2D eigenvalue weighted by Crippen LogP contribution is -2.06. The third-order valence-corrected chi connectivity index (χ3v) is 3.39. The van der Waals surface area contributed by atoms with Gasteiger partial charge in [0.15, 0.2) is 0 Å². The van der Waals surface area contributed by atoms with Gasteiger partial charge in [-0.3, -0.25) is 0 Å². The predicted molar refractivity (Wildman–Crippen MR) is 70.9 cm³/mol. The van der Waals surface area contributed by atoms with E-state index in [0.29, 0.717) is 5.75 Å². The van der Waals surface area contributed by atoms with Crippen LogP contribution in [-0.2, 0) is 6.42 Å². The first-order valence-corrected chi connectivity index (χ1v) is 6.10. The molecule has 2 aromatic rings. The van der Waals surface area contributed by atoms with Crippen LogP contribution >= 0.6 is 0 Å². The zero-order chi connectivity index (χ0) is 12.5. The second-order valence-electron chi connectivity index (χ2n) is 4.67. The van der Waals surface area contributed by atoms with E-state index in [2.05, 4.69) is 5.32 Å². The van der Waals surface area contributed by atoms with E-state index in [9.17, 15) is 10.2 Å². The lowest BCUT2D eigenvalue weighted by Gasteiger charge is -2.15. The van der Waals surface area contributed by atoms with Crippen molar-refractivity contribution in [3.63, 3.8) is 0 Å². The molecule has 0 spiro atoms. The molecule has 0 saturated heterocycles. The monoisotopic (exact) mass is 241 g/mol. The summed E-state index contributed by atoms with van der Waals surface area (Å²) in [6.45, 7) is 0. The minimum absolute atomic E-state index is 0.252. The van der Waals surface area contributed by atoms with E-state index in [-0.39, 0.29) is 11.8 Å². The fraction of sp³-hybridized carbons (Fsp3) is 0.200. The third-order valence-electron chi connectivity index (χ3n) is 3.39. The number of aryl methyl sites for hydroxylation is 1. The van der Waals surface area contributed by atoms with Crippen LogP contribution in [0.2, 0.25) is 0 Å². The van der Waals surface area contributed by atoms with Gasteiger partial charge >= 0.3 is 0 Å². The van der Waals surface area contributed by atoms with Gasteiger partial charge in [0.05, 0.1) is 6.04 Å². The highest BCUT2D eigenvalue weighted by Crippen LogP contribution is 2.35. The van der Waals surface area contributed by atoms with Crippen LogP contribution in [0.25, 0.3) is 0 Å². The summed E-state index contributed by atoms with van der Waals surface area (Å²) in [6.07, 6.45) is 1.98. The fourth-order valence-corrected chi connectivity index (χ4v) is 2.55. The molecule has 0 saturated carbocycles. The van der Waals surface area contributed by atoms with Gasteiger partial charge < -0.3 is 15.5 Å². The van der Waals surface area contributed by atoms with E-state index >= 15 is 0 Å². The third kappa shape index (κ3) is 1.99. The summed E-state index contributed by atoms with van der Waals surface area (Å²) in [5.74, 6) is 0.593. The number of aromatic hydroxyl groups is 2. The molecule has 1 aliphatic carbocycles. The molecule has 0 radical (unpaired) electrons. The molecule has 3 N–H and O–H groups in total. The highest BCUT2D eigenvalue weighted by Gasteiger charge is 2.22. The van der Waals surface area contributed by atoms with Crippen molar-refractivity contribution >= 4 is 5.69 Å². The van der Waals surface area contributed by atoms with E-state index in [1.54, 1.807) is 18.2 Å². The number of hydrogen-bond acceptors (Lipinski definition) is 3. The number of rotatable bonds is 2. The maximum Gasteiger partial charge on any atom is 0.117 e. The lowest BCUT2D eigenvalue weighted by atomic mass is 10.1. The molecule has 3 nitrogen and oxygen atoms in total. The van der Waals surface area contributed by atoms with Crippen molar-refractivity contribution in [2.75, 3.05) is 5.32 Å². The minimum atomic E-state index is 0.252. The van der Waals surface area contributed by atoms with Crippen molar-refractivity contribution in [1.29, 1.82) is 0 Å². The molecule has 3 rings (SSSR count). The number of phenolic OH excluding ortho intramolecular Hbond substituents is 2. The normalized spacial score (nSPS) is 17.4. The van der Waals surface area contributed by atoms with Crippen molar-refractivity contribution in [3.05, 3.63) is 53.6 Å². The smallest absolute Gasteiger partial charge is 0.117 e. The first-order chi connectivity index (χ1) is 8.72. The predicted octanol–water partition coefficient (Wildman–Crippen LogP) is 3.20. The molecule has 18 heavy (non-hydrogen) atoms. The Hall–Kier alpha value is -2.16. The molecule has 1 unspecified atom stereocenters. The Morgan fingerprint density at radius 2 is 1.83 bits per heavy atom. The summed E-state index contributed by atoms with van der Waals surface area (Å²) in [4.78, 5) is 0. The van der Waals surface area contributed by atoms with Gasteiger partial charge in [0.1, 0.15) is 11.5 Å². The van der Waals surface area contributed by atoms with Gasteiger partial charge in [0.2, 0.25) is 0 Å². The van der Waals surface area contributed by atoms with Gasteiger partial charge in [-0.1, -0.05) is 12.1 Å². The lowest BCUT2D eigenvalue weighted by molar-refractivity contribution is 0.474. The summed E-state index contributed by atoms with van der Waals surface area (Å²) in [5.41, 5.74) is 3.35. The van der Waals surface area contributed by atoms with Crippen molar-refractivity contribution in [1.82, 2.24) is 0 Å². The molecule has 1 aliphatic rings. The van der Waals surface area contributed by atoms with Crippen LogP contribution in [-0.4, -0.2) is 10.2 Å². The molecule has 92 valence electrons. The summed E-state index contributed by atoms with van der Waals surface area (Å²) in [5, 5.41) is 22.3. The van der Waals surface area contributed by atoms with Gasteiger partial charge in [-0.25, -0.2) is 0 Å². The van der Waals surface area contributed by atoms with E-state index in [4.69, 9.17) is 0 Å². The van der Waals surface area contributed by atoms with E-state index < -0.39 is 0 Å². The molecular weight excluding hydrogens is 226 g/mol. The van der Waals surface area contributed by atoms with E-state index in [1.165, 1.54) is 11.1 Å². The fourth-order valence-electron chi connectivity index (χ4n) is 2.55. The number of benzene rings is 2. The molecule has 0 fully saturated rings. The Morgan fingerprint density at radius 1 is 1.00 bits per heavy atom. The van der Waals surface area contributed by atoms with Crippen LogP contribution in [0.15, 0.2) is 42.5 Å². The Bertz CT molecular complexity index is 580. The number of hydrogen-bond donors (Lipinski definition) is 3. The molecule has 1 atom stereocenters. The highest BCUT2D eigenvalue weighted by molar-refractivity contribution is 5.52. The first-order valence-electron chi connectivity index (χ1n) is 6.10. The summed E-state index contributed by atoms with van der Waals surface area (Å²) in [6, 6.07) is 12.9. The van der Waals surface area contributed by atoms with Crippen LogP contribution in [0.1, 0.15) is 23.6 Å². The standard InChI is InChI=1S/C15H15NO2/c17-12-3-1-2-11(9-12)16-15-7-4-10-8-13(18)5-6-14(10)15/h1-3,5-6,8-9,15-18H,4,7H2. The molecule has 0 bridgehead atoms. The first kappa shape index (κ1) is 11.0. The SMILES string of the molecule is Oc1cccc(NC2CCc3cc(O)ccc32)c1. The van der Waals surface area contributed by atoms with Crippen LogP contribution in [0.4, 0.5) is 5.69 Å². The molecular formula is C15H15NO2. The quantitative estimate of drug-likeness (QED) is 0.756. The van der Waals surface area contributed by atoms with Crippen molar-refractivity contribution < 1.29 is 10.2 Å². The van der Waals surface area contributed by atoms with Crippen LogP contribution in [0, 0.1) is 0 Å². The maximum absolute atomic E-state index is 9.46. The average Bonchev–Trinajstić information content (AvgIpc) is 2.72. The second kappa shape index (κ2) is 4.26. The maximum atomic E-state index is 9.46. The van der Waals surface area contributed by atoms with Crippen molar-refractivity contribution in [3.8, 4) is 11.5 Å². The molecule has 2 aromatic carbocycles. The zero-order valence-electron chi connectivity index (χ0n) is 9.93. The van der Waals surface area contributed by atoms with E-state index in [0.717, 1.165) is 18.5 Å². The number of phenols is 2. The number of fused-ring (bicyclic) bond motifs is 1. The topological polar surface area (TPSA) is 52.5 Å². The van der Waals surface area contributed by atoms with Crippen LogP contribution in [0.3, 0.4) is 0 Å². The molecule has 0 amide bonds. The molecule has 0 aliphatic heterocycles. The Kier molecular flexibility index (Phi) is 2.59. The average molecular weight is 241 g/mol. The van der Waals surface area contributed by atoms with Crippen LogP contribution in [0.5, 0.6) is 11.5 Å². The molecule has 3 heteroatoms. The summed E-state index contributed by atoms with van der Waals surface area (Å²) in [7, 11) is 0. The van der Waals surface area contributed by atoms with Crippen LogP contribution < -0.4 is 5.32 Å². The van der Waals surface area contributed by atoms with Gasteiger partial charge in [0.25, 0.3) is 0 Å². The van der Waals surface area contributed by atoms with Gasteiger partial charge in [-0.05, 0) is 48.2 Å². The van der Waals surface area contributed by atoms with Crippen molar-refractivity contribution in [2.45, 2.75) is 18.9 Å². The number of nitrogens with one attached hydrogen (secondary N) is 1. The highest BCUT2D eigenvalue weighted by atomic mass is 16.3. The summed E-state index contributed by atoms with van der Waals surface area (Å²) < 4.78 is 0. The van der Waals surface area contributed by atoms with E-state index in [1.807, 2.05) is 24.3 Å². The minimum Gasteiger partial charge on any atom is -0.508 e.